The van der Waals surface area contributed by atoms with Crippen molar-refractivity contribution in [2.75, 3.05) is 13.1 Å². The number of hydrogen-bond acceptors (Lipinski definition) is 2. The highest BCUT2D eigenvalue weighted by molar-refractivity contribution is 5.90. The van der Waals surface area contributed by atoms with E-state index >= 15 is 0 Å². The molecule has 8 heteroatoms. The third-order valence-electron chi connectivity index (χ3n) is 3.71. The summed E-state index contributed by atoms with van der Waals surface area (Å²) in [5.74, 6) is -3.04. The molecule has 0 radical (unpaired) electrons. The summed E-state index contributed by atoms with van der Waals surface area (Å²) in [5, 5.41) is 2.47. The maximum absolute atomic E-state index is 13.4. The number of likely N-dealkylation sites (tertiary alicyclic amines) is 1. The molecule has 2 amide bonds. The Morgan fingerprint density at radius 3 is 2.61 bits per heavy atom. The second-order valence-electron chi connectivity index (χ2n) is 5.29. The highest BCUT2D eigenvalue weighted by Crippen LogP contribution is 2.25. The van der Waals surface area contributed by atoms with Gasteiger partial charge in [0.15, 0.2) is 0 Å². The number of nitrogens with one attached hydrogen (secondary N) is 1. The van der Waals surface area contributed by atoms with Gasteiger partial charge in [0.05, 0.1) is 0 Å². The molecule has 1 aliphatic heterocycles. The van der Waals surface area contributed by atoms with E-state index in [4.69, 9.17) is 0 Å². The van der Waals surface area contributed by atoms with E-state index in [-0.39, 0.29) is 25.9 Å². The van der Waals surface area contributed by atoms with Gasteiger partial charge in [-0.2, -0.15) is 13.2 Å². The second-order valence-corrected chi connectivity index (χ2v) is 5.29. The molecule has 1 fully saturated rings. The van der Waals surface area contributed by atoms with Crippen LogP contribution in [0.2, 0.25) is 0 Å². The Hall–Kier alpha value is -2.12. The number of benzene rings is 1. The van der Waals surface area contributed by atoms with E-state index in [1.54, 1.807) is 12.1 Å². The van der Waals surface area contributed by atoms with E-state index in [0.717, 1.165) is 0 Å². The van der Waals surface area contributed by atoms with Crippen LogP contribution in [0, 0.1) is 5.82 Å². The van der Waals surface area contributed by atoms with Gasteiger partial charge in [0.2, 0.25) is 5.91 Å². The van der Waals surface area contributed by atoms with Crippen molar-refractivity contribution in [1.82, 2.24) is 10.2 Å². The van der Waals surface area contributed by atoms with Crippen LogP contribution in [-0.2, 0) is 16.0 Å². The number of amides is 2. The van der Waals surface area contributed by atoms with E-state index in [0.29, 0.717) is 16.9 Å². The lowest BCUT2D eigenvalue weighted by Crippen LogP contribution is -2.50. The molecule has 1 N–H and O–H groups in total. The minimum Gasteiger partial charge on any atom is -0.354 e. The van der Waals surface area contributed by atoms with Crippen LogP contribution in [-0.4, -0.2) is 42.0 Å². The molecule has 0 spiro atoms. The second kappa shape index (κ2) is 6.97. The van der Waals surface area contributed by atoms with Gasteiger partial charge in [0, 0.05) is 13.1 Å². The van der Waals surface area contributed by atoms with Crippen LogP contribution in [0.3, 0.4) is 0 Å². The predicted molar refractivity (Wildman–Crippen MR) is 73.9 cm³/mol. The first-order valence-corrected chi connectivity index (χ1v) is 7.19. The number of carbonyl (C=O) groups is 2. The molecular formula is C15H16F4N2O2. The number of halogens is 4. The van der Waals surface area contributed by atoms with Crippen molar-refractivity contribution in [3.05, 3.63) is 35.6 Å². The van der Waals surface area contributed by atoms with Crippen molar-refractivity contribution < 1.29 is 27.2 Å². The predicted octanol–water partition coefficient (Wildman–Crippen LogP) is 2.04. The van der Waals surface area contributed by atoms with Crippen LogP contribution in [0.1, 0.15) is 18.4 Å². The van der Waals surface area contributed by atoms with Gasteiger partial charge in [-0.15, -0.1) is 0 Å². The molecule has 1 saturated heterocycles. The lowest BCUT2D eigenvalue weighted by molar-refractivity contribution is -0.186. The fourth-order valence-corrected chi connectivity index (χ4v) is 2.58. The maximum Gasteiger partial charge on any atom is 0.471 e. The van der Waals surface area contributed by atoms with Crippen LogP contribution in [0.15, 0.2) is 24.3 Å². The van der Waals surface area contributed by atoms with E-state index in [2.05, 4.69) is 5.32 Å². The fourth-order valence-electron chi connectivity index (χ4n) is 2.58. The molecule has 1 aliphatic rings. The van der Waals surface area contributed by atoms with Gasteiger partial charge in [-0.1, -0.05) is 18.2 Å². The average Bonchev–Trinajstić information content (AvgIpc) is 2.96. The van der Waals surface area contributed by atoms with Crippen LogP contribution in [0.25, 0.3) is 0 Å². The Kier molecular flexibility index (Phi) is 5.23. The number of nitrogens with zero attached hydrogens (tertiary/aromatic N) is 1. The summed E-state index contributed by atoms with van der Waals surface area (Å²) >= 11 is 0. The van der Waals surface area contributed by atoms with Crippen molar-refractivity contribution >= 4 is 11.8 Å². The molecule has 2 rings (SSSR count). The molecule has 0 aliphatic carbocycles. The molecule has 1 unspecified atom stereocenters. The first kappa shape index (κ1) is 17.2. The summed E-state index contributed by atoms with van der Waals surface area (Å²) in [6.07, 6.45) is -4.24. The largest absolute Gasteiger partial charge is 0.471 e. The van der Waals surface area contributed by atoms with Crippen molar-refractivity contribution in [2.24, 2.45) is 0 Å². The van der Waals surface area contributed by atoms with Crippen molar-refractivity contribution in [1.29, 1.82) is 0 Å². The summed E-state index contributed by atoms with van der Waals surface area (Å²) in [4.78, 5) is 23.8. The number of alkyl halides is 3. The SMILES string of the molecule is O=C(NCCc1ccccc1F)C1CCCN1C(=O)C(F)(F)F. The van der Waals surface area contributed by atoms with Gasteiger partial charge in [-0.05, 0) is 30.9 Å². The standard InChI is InChI=1S/C15H16F4N2O2/c16-11-5-2-1-4-10(11)7-8-20-13(22)12-6-3-9-21(12)14(23)15(17,18)19/h1-2,4-5,12H,3,6-9H2,(H,20,22). The molecule has 0 saturated carbocycles. The molecule has 1 aromatic rings. The molecule has 1 aromatic carbocycles. The third kappa shape index (κ3) is 4.20. The van der Waals surface area contributed by atoms with Gasteiger partial charge < -0.3 is 10.2 Å². The molecular weight excluding hydrogens is 316 g/mol. The third-order valence-corrected chi connectivity index (χ3v) is 3.71. The first-order valence-electron chi connectivity index (χ1n) is 7.19. The van der Waals surface area contributed by atoms with Gasteiger partial charge in [-0.25, -0.2) is 4.39 Å². The summed E-state index contributed by atoms with van der Waals surface area (Å²) in [6.45, 7) is -0.00589. The minimum atomic E-state index is -4.99. The van der Waals surface area contributed by atoms with E-state index < -0.39 is 29.8 Å². The Morgan fingerprint density at radius 1 is 1.26 bits per heavy atom. The fraction of sp³-hybridized carbons (Fsp3) is 0.467. The molecule has 126 valence electrons. The number of hydrogen-bond donors (Lipinski definition) is 1. The maximum atomic E-state index is 13.4. The Bertz CT molecular complexity index is 589. The zero-order chi connectivity index (χ0) is 17.0. The molecule has 23 heavy (non-hydrogen) atoms. The summed E-state index contributed by atoms with van der Waals surface area (Å²) in [6, 6.07) is 4.93. The van der Waals surface area contributed by atoms with Crippen LogP contribution < -0.4 is 5.32 Å². The zero-order valence-electron chi connectivity index (χ0n) is 12.2. The Balaban J connectivity index is 1.90. The quantitative estimate of drug-likeness (QED) is 0.858. The summed E-state index contributed by atoms with van der Waals surface area (Å²) in [7, 11) is 0. The lowest BCUT2D eigenvalue weighted by atomic mass is 10.1. The van der Waals surface area contributed by atoms with Crippen LogP contribution >= 0.6 is 0 Å². The smallest absolute Gasteiger partial charge is 0.354 e. The van der Waals surface area contributed by atoms with Gasteiger partial charge in [0.1, 0.15) is 11.9 Å². The topological polar surface area (TPSA) is 49.4 Å². The molecule has 1 atom stereocenters. The zero-order valence-corrected chi connectivity index (χ0v) is 12.2. The molecule has 4 nitrogen and oxygen atoms in total. The summed E-state index contributed by atoms with van der Waals surface area (Å²) in [5.41, 5.74) is 0.405. The summed E-state index contributed by atoms with van der Waals surface area (Å²) < 4.78 is 50.9. The molecule has 1 heterocycles. The van der Waals surface area contributed by atoms with Gasteiger partial charge in [0.25, 0.3) is 0 Å². The van der Waals surface area contributed by atoms with Crippen molar-refractivity contribution in [3.63, 3.8) is 0 Å². The normalized spacial score (nSPS) is 18.1. The first-order chi connectivity index (χ1) is 10.8. The molecule has 0 bridgehead atoms. The number of carbonyl (C=O) groups excluding carboxylic acids is 2. The van der Waals surface area contributed by atoms with Crippen molar-refractivity contribution in [3.8, 4) is 0 Å². The van der Waals surface area contributed by atoms with Gasteiger partial charge >= 0.3 is 12.1 Å². The number of rotatable bonds is 4. The lowest BCUT2D eigenvalue weighted by Gasteiger charge is -2.24. The monoisotopic (exact) mass is 332 g/mol. The average molecular weight is 332 g/mol. The minimum absolute atomic E-state index is 0.0876. The molecule has 0 aromatic heterocycles. The highest BCUT2D eigenvalue weighted by Gasteiger charge is 2.47. The van der Waals surface area contributed by atoms with Crippen LogP contribution in [0.5, 0.6) is 0 Å². The van der Waals surface area contributed by atoms with Crippen molar-refractivity contribution in [2.45, 2.75) is 31.5 Å². The Labute approximate surface area is 130 Å². The Morgan fingerprint density at radius 2 is 1.96 bits per heavy atom. The van der Waals surface area contributed by atoms with E-state index in [1.165, 1.54) is 12.1 Å². The highest BCUT2D eigenvalue weighted by atomic mass is 19.4. The van der Waals surface area contributed by atoms with E-state index in [9.17, 15) is 27.2 Å². The van der Waals surface area contributed by atoms with E-state index in [1.807, 2.05) is 0 Å². The van der Waals surface area contributed by atoms with Crippen LogP contribution in [0.4, 0.5) is 17.6 Å². The van der Waals surface area contributed by atoms with Gasteiger partial charge in [-0.3, -0.25) is 9.59 Å².